The Bertz CT molecular complexity index is 451. The fourth-order valence-electron chi connectivity index (χ4n) is 2.09. The van der Waals surface area contributed by atoms with Gasteiger partial charge in [0.15, 0.2) is 5.78 Å². The van der Waals surface area contributed by atoms with Crippen molar-refractivity contribution in [2.24, 2.45) is 0 Å². The second-order valence-corrected chi connectivity index (χ2v) is 4.64. The van der Waals surface area contributed by atoms with E-state index in [0.29, 0.717) is 18.9 Å². The quantitative estimate of drug-likeness (QED) is 0.687. The Kier molecular flexibility index (Phi) is 6.61. The lowest BCUT2D eigenvalue weighted by atomic mass is 10.1. The van der Waals surface area contributed by atoms with Crippen LogP contribution in [-0.2, 0) is 4.74 Å². The molecular weight excluding hydrogens is 261 g/mol. The number of Topliss-reactive ketones (excluding diaryl/α,β-unsaturated/α-hetero) is 1. The molecule has 1 aromatic carbocycles. The molecule has 112 valence electrons. The number of carbonyl (C=O) groups excluding carboxylic acids is 1. The zero-order chi connectivity index (χ0) is 15.1. The minimum Gasteiger partial charge on any atom is -0.496 e. The summed E-state index contributed by atoms with van der Waals surface area (Å²) in [6, 6.07) is 4.09. The molecular formula is C15H22FNO3. The first-order valence-electron chi connectivity index (χ1n) is 6.63. The average Bonchev–Trinajstić information content (AvgIpc) is 2.44. The van der Waals surface area contributed by atoms with Crippen LogP contribution < -0.4 is 4.74 Å². The van der Waals surface area contributed by atoms with Crippen LogP contribution in [0.15, 0.2) is 18.2 Å². The van der Waals surface area contributed by atoms with Crippen molar-refractivity contribution in [1.29, 1.82) is 0 Å². The van der Waals surface area contributed by atoms with Gasteiger partial charge in [0.05, 0.1) is 25.8 Å². The first kappa shape index (κ1) is 16.6. The van der Waals surface area contributed by atoms with E-state index in [1.54, 1.807) is 7.11 Å². The largest absolute Gasteiger partial charge is 0.496 e. The number of halogens is 1. The fraction of sp³-hybridized carbons (Fsp3) is 0.533. The SMILES string of the molecule is CCN(CC(=O)c1cc(F)ccc1OC)C(C)COC. The molecule has 0 aliphatic carbocycles. The molecule has 0 saturated carbocycles. The van der Waals surface area contributed by atoms with E-state index in [4.69, 9.17) is 9.47 Å². The number of ether oxygens (including phenoxy) is 2. The van der Waals surface area contributed by atoms with Gasteiger partial charge in [-0.2, -0.15) is 0 Å². The van der Waals surface area contributed by atoms with E-state index in [9.17, 15) is 9.18 Å². The maximum Gasteiger partial charge on any atom is 0.180 e. The minimum absolute atomic E-state index is 0.119. The highest BCUT2D eigenvalue weighted by Crippen LogP contribution is 2.20. The number of rotatable bonds is 8. The van der Waals surface area contributed by atoms with Crippen molar-refractivity contribution in [1.82, 2.24) is 4.90 Å². The molecule has 0 spiro atoms. The number of carbonyl (C=O) groups is 1. The number of hydrogen-bond donors (Lipinski definition) is 0. The van der Waals surface area contributed by atoms with E-state index < -0.39 is 5.82 Å². The number of methoxy groups -OCH3 is 2. The molecule has 5 heteroatoms. The van der Waals surface area contributed by atoms with Crippen LogP contribution in [0.5, 0.6) is 5.75 Å². The second kappa shape index (κ2) is 7.97. The van der Waals surface area contributed by atoms with Crippen molar-refractivity contribution in [3.05, 3.63) is 29.6 Å². The van der Waals surface area contributed by atoms with Crippen LogP contribution in [0.3, 0.4) is 0 Å². The number of likely N-dealkylation sites (N-methyl/N-ethyl adjacent to an activating group) is 1. The molecule has 0 radical (unpaired) electrons. The lowest BCUT2D eigenvalue weighted by molar-refractivity contribution is 0.0785. The van der Waals surface area contributed by atoms with Crippen LogP contribution in [-0.4, -0.2) is 50.6 Å². The summed E-state index contributed by atoms with van der Waals surface area (Å²) in [5.74, 6) is -0.208. The smallest absolute Gasteiger partial charge is 0.180 e. The van der Waals surface area contributed by atoms with E-state index in [0.717, 1.165) is 0 Å². The monoisotopic (exact) mass is 283 g/mol. The molecule has 0 bridgehead atoms. The Morgan fingerprint density at radius 1 is 1.40 bits per heavy atom. The Morgan fingerprint density at radius 2 is 2.10 bits per heavy atom. The number of ketones is 1. The third-order valence-corrected chi connectivity index (χ3v) is 3.25. The molecule has 1 unspecified atom stereocenters. The minimum atomic E-state index is -0.442. The van der Waals surface area contributed by atoms with Crippen molar-refractivity contribution in [3.8, 4) is 5.75 Å². The topological polar surface area (TPSA) is 38.8 Å². The Morgan fingerprint density at radius 3 is 2.65 bits per heavy atom. The third kappa shape index (κ3) is 4.28. The van der Waals surface area contributed by atoms with Crippen molar-refractivity contribution in [2.75, 3.05) is 33.9 Å². The van der Waals surface area contributed by atoms with E-state index >= 15 is 0 Å². The molecule has 0 aromatic heterocycles. The lowest BCUT2D eigenvalue weighted by Crippen LogP contribution is -2.39. The maximum absolute atomic E-state index is 13.3. The lowest BCUT2D eigenvalue weighted by Gasteiger charge is -2.26. The highest BCUT2D eigenvalue weighted by molar-refractivity contribution is 6.00. The first-order chi connectivity index (χ1) is 9.53. The van der Waals surface area contributed by atoms with Gasteiger partial charge >= 0.3 is 0 Å². The summed E-state index contributed by atoms with van der Waals surface area (Å²) in [7, 11) is 3.09. The summed E-state index contributed by atoms with van der Waals surface area (Å²) >= 11 is 0. The first-order valence-corrected chi connectivity index (χ1v) is 6.63. The summed E-state index contributed by atoms with van der Waals surface area (Å²) in [6.45, 7) is 5.43. The molecule has 0 amide bonds. The molecule has 0 aliphatic rings. The summed E-state index contributed by atoms with van der Waals surface area (Å²) in [5.41, 5.74) is 0.274. The molecule has 0 aliphatic heterocycles. The van der Waals surface area contributed by atoms with Gasteiger partial charge in [-0.15, -0.1) is 0 Å². The Balaban J connectivity index is 2.86. The molecule has 1 rings (SSSR count). The standard InChI is InChI=1S/C15H22FNO3/c1-5-17(11(2)10-19-3)9-14(18)13-8-12(16)6-7-15(13)20-4/h6-8,11H,5,9-10H2,1-4H3. The molecule has 20 heavy (non-hydrogen) atoms. The van der Waals surface area contributed by atoms with Gasteiger partial charge in [0.2, 0.25) is 0 Å². The van der Waals surface area contributed by atoms with Gasteiger partial charge in [0.25, 0.3) is 0 Å². The van der Waals surface area contributed by atoms with Gasteiger partial charge in [0.1, 0.15) is 11.6 Å². The van der Waals surface area contributed by atoms with Gasteiger partial charge in [0, 0.05) is 13.2 Å². The number of nitrogens with zero attached hydrogens (tertiary/aromatic N) is 1. The van der Waals surface area contributed by atoms with E-state index in [1.165, 1.54) is 25.3 Å². The molecule has 0 N–H and O–H groups in total. The summed E-state index contributed by atoms with van der Waals surface area (Å²) in [4.78, 5) is 14.3. The zero-order valence-electron chi connectivity index (χ0n) is 12.5. The van der Waals surface area contributed by atoms with Crippen LogP contribution in [0.1, 0.15) is 24.2 Å². The predicted molar refractivity (Wildman–Crippen MR) is 75.9 cm³/mol. The van der Waals surface area contributed by atoms with Crippen LogP contribution >= 0.6 is 0 Å². The van der Waals surface area contributed by atoms with E-state index in [-0.39, 0.29) is 23.9 Å². The third-order valence-electron chi connectivity index (χ3n) is 3.25. The molecule has 0 saturated heterocycles. The van der Waals surface area contributed by atoms with Crippen LogP contribution in [0, 0.1) is 5.82 Å². The van der Waals surface area contributed by atoms with Gasteiger partial charge in [-0.3, -0.25) is 9.69 Å². The van der Waals surface area contributed by atoms with E-state index in [1.807, 2.05) is 18.7 Å². The van der Waals surface area contributed by atoms with Gasteiger partial charge in [-0.25, -0.2) is 4.39 Å². The van der Waals surface area contributed by atoms with Crippen molar-refractivity contribution < 1.29 is 18.7 Å². The average molecular weight is 283 g/mol. The van der Waals surface area contributed by atoms with Crippen LogP contribution in [0.4, 0.5) is 4.39 Å². The predicted octanol–water partition coefficient (Wildman–Crippen LogP) is 2.37. The highest BCUT2D eigenvalue weighted by Gasteiger charge is 2.19. The van der Waals surface area contributed by atoms with Crippen molar-refractivity contribution in [3.63, 3.8) is 0 Å². The Hall–Kier alpha value is -1.46. The molecule has 0 fully saturated rings. The van der Waals surface area contributed by atoms with Gasteiger partial charge in [-0.1, -0.05) is 6.92 Å². The molecule has 1 aromatic rings. The number of benzene rings is 1. The molecule has 4 nitrogen and oxygen atoms in total. The van der Waals surface area contributed by atoms with E-state index in [2.05, 4.69) is 0 Å². The molecule has 1 atom stereocenters. The van der Waals surface area contributed by atoms with Crippen LogP contribution in [0.25, 0.3) is 0 Å². The summed E-state index contributed by atoms with van der Waals surface area (Å²) in [6.07, 6.45) is 0. The zero-order valence-corrected chi connectivity index (χ0v) is 12.5. The second-order valence-electron chi connectivity index (χ2n) is 4.64. The summed E-state index contributed by atoms with van der Waals surface area (Å²) < 4.78 is 23.5. The highest BCUT2D eigenvalue weighted by atomic mass is 19.1. The normalized spacial score (nSPS) is 12.5. The van der Waals surface area contributed by atoms with Crippen molar-refractivity contribution >= 4 is 5.78 Å². The Labute approximate surface area is 119 Å². The number of hydrogen-bond acceptors (Lipinski definition) is 4. The maximum atomic E-state index is 13.3. The molecule has 0 heterocycles. The van der Waals surface area contributed by atoms with Gasteiger partial charge < -0.3 is 9.47 Å². The van der Waals surface area contributed by atoms with Crippen molar-refractivity contribution in [2.45, 2.75) is 19.9 Å². The summed E-state index contributed by atoms with van der Waals surface area (Å²) in [5, 5.41) is 0. The van der Waals surface area contributed by atoms with Crippen LogP contribution in [0.2, 0.25) is 0 Å². The van der Waals surface area contributed by atoms with Gasteiger partial charge in [-0.05, 0) is 31.7 Å². The fourth-order valence-corrected chi connectivity index (χ4v) is 2.09.